The van der Waals surface area contributed by atoms with Gasteiger partial charge in [0.05, 0.1) is 16.4 Å². The summed E-state index contributed by atoms with van der Waals surface area (Å²) in [5.41, 5.74) is 1.96. The fourth-order valence-electron chi connectivity index (χ4n) is 3.11. The largest absolute Gasteiger partial charge is 0.465 e. The second kappa shape index (κ2) is 12.3. The molecule has 0 amide bonds. The second-order valence-electron chi connectivity index (χ2n) is 7.63. The molecule has 0 spiro atoms. The number of carbonyl (C=O) groups is 1. The van der Waals surface area contributed by atoms with E-state index in [-0.39, 0.29) is 29.4 Å². The molecular weight excluding hydrogens is 464 g/mol. The van der Waals surface area contributed by atoms with Crippen molar-refractivity contribution in [1.29, 1.82) is 0 Å². The van der Waals surface area contributed by atoms with Gasteiger partial charge in [-0.3, -0.25) is 4.79 Å². The molecule has 1 atom stereocenters. The Morgan fingerprint density at radius 3 is 2.03 bits per heavy atom. The van der Waals surface area contributed by atoms with Crippen LogP contribution in [0.2, 0.25) is 0 Å². The van der Waals surface area contributed by atoms with Crippen molar-refractivity contribution < 1.29 is 26.4 Å². The van der Waals surface area contributed by atoms with E-state index in [0.29, 0.717) is 12.8 Å². The number of aryl methyl sites for hydroxylation is 2. The highest BCUT2D eigenvalue weighted by Crippen LogP contribution is 2.14. The average molecular weight is 497 g/mol. The van der Waals surface area contributed by atoms with Gasteiger partial charge in [0.15, 0.2) is 0 Å². The molecule has 182 valence electrons. The first kappa shape index (κ1) is 27.0. The maximum atomic E-state index is 12.7. The summed E-state index contributed by atoms with van der Waals surface area (Å²) < 4.78 is 60.2. The van der Waals surface area contributed by atoms with E-state index >= 15 is 0 Å². The molecule has 2 N–H and O–H groups in total. The zero-order valence-electron chi connectivity index (χ0n) is 19.2. The van der Waals surface area contributed by atoms with Crippen molar-refractivity contribution in [3.05, 3.63) is 59.7 Å². The van der Waals surface area contributed by atoms with Gasteiger partial charge in [-0.2, -0.15) is 4.72 Å². The minimum atomic E-state index is -3.92. The summed E-state index contributed by atoms with van der Waals surface area (Å²) in [5.74, 6) is -0.661. The van der Waals surface area contributed by atoms with Crippen molar-refractivity contribution >= 4 is 26.0 Å². The van der Waals surface area contributed by atoms with E-state index in [1.165, 1.54) is 24.3 Å². The molecule has 0 saturated heterocycles. The number of ether oxygens (including phenoxy) is 1. The molecule has 0 aliphatic rings. The third kappa shape index (κ3) is 8.22. The van der Waals surface area contributed by atoms with Crippen molar-refractivity contribution in [2.75, 3.05) is 13.2 Å². The Kier molecular flexibility index (Phi) is 10.0. The molecule has 8 nitrogen and oxygen atoms in total. The smallest absolute Gasteiger partial charge is 0.324 e. The van der Waals surface area contributed by atoms with Crippen molar-refractivity contribution in [2.45, 2.75) is 62.3 Å². The molecule has 0 aliphatic carbocycles. The lowest BCUT2D eigenvalue weighted by Crippen LogP contribution is -2.41. The van der Waals surface area contributed by atoms with E-state index in [2.05, 4.69) is 9.44 Å². The van der Waals surface area contributed by atoms with Crippen LogP contribution in [0.25, 0.3) is 0 Å². The van der Waals surface area contributed by atoms with Crippen LogP contribution < -0.4 is 9.44 Å². The van der Waals surface area contributed by atoms with Crippen molar-refractivity contribution in [2.24, 2.45) is 0 Å². The minimum Gasteiger partial charge on any atom is -0.465 e. The lowest BCUT2D eigenvalue weighted by atomic mass is 10.1. The van der Waals surface area contributed by atoms with Gasteiger partial charge < -0.3 is 4.74 Å². The third-order valence-corrected chi connectivity index (χ3v) is 8.02. The highest BCUT2D eigenvalue weighted by molar-refractivity contribution is 7.89. The van der Waals surface area contributed by atoms with Gasteiger partial charge in [-0.1, -0.05) is 36.8 Å². The summed E-state index contributed by atoms with van der Waals surface area (Å²) in [4.78, 5) is 12.6. The van der Waals surface area contributed by atoms with Crippen LogP contribution in [0.3, 0.4) is 0 Å². The van der Waals surface area contributed by atoms with Gasteiger partial charge in [0, 0.05) is 6.54 Å². The average Bonchev–Trinajstić information content (AvgIpc) is 2.78. The normalized spacial score (nSPS) is 12.9. The zero-order chi connectivity index (χ0) is 24.5. The maximum Gasteiger partial charge on any atom is 0.324 e. The Bertz CT molecular complexity index is 1110. The number of nitrogens with one attached hydrogen (secondary N) is 2. The molecule has 0 aliphatic heterocycles. The number of esters is 1. The maximum absolute atomic E-state index is 12.7. The molecule has 2 aromatic carbocycles. The summed E-state index contributed by atoms with van der Waals surface area (Å²) in [6, 6.07) is 11.9. The SMILES string of the molecule is CCOC(=O)C(CCCCNS(=O)(=O)c1ccc(C)cc1)NS(=O)(=O)c1ccc(CC)cc1. The van der Waals surface area contributed by atoms with E-state index < -0.39 is 32.1 Å². The standard InChI is InChI=1S/C23H32N2O6S2/c1-4-19-11-15-21(16-12-19)33(29,30)25-22(23(26)31-5-2)8-6-7-17-24-32(27,28)20-13-9-18(3)10-14-20/h9-16,22,24-25H,4-8,17H2,1-3H3. The Hall–Kier alpha value is -2.27. The number of unbranched alkanes of at least 4 members (excludes halogenated alkanes) is 1. The summed E-state index contributed by atoms with van der Waals surface area (Å²) in [6.45, 7) is 5.78. The lowest BCUT2D eigenvalue weighted by molar-refractivity contribution is -0.145. The van der Waals surface area contributed by atoms with Crippen LogP contribution in [-0.2, 0) is 36.0 Å². The molecular formula is C23H32N2O6S2. The van der Waals surface area contributed by atoms with Crippen molar-refractivity contribution in [3.63, 3.8) is 0 Å². The minimum absolute atomic E-state index is 0.0693. The van der Waals surface area contributed by atoms with Crippen LogP contribution in [0.15, 0.2) is 58.3 Å². The van der Waals surface area contributed by atoms with Crippen LogP contribution in [0.4, 0.5) is 0 Å². The highest BCUT2D eigenvalue weighted by atomic mass is 32.2. The van der Waals surface area contributed by atoms with Crippen LogP contribution in [0.5, 0.6) is 0 Å². The summed E-state index contributed by atoms with van der Waals surface area (Å²) in [6.07, 6.45) is 1.80. The molecule has 0 saturated carbocycles. The van der Waals surface area contributed by atoms with E-state index in [1.807, 2.05) is 13.8 Å². The highest BCUT2D eigenvalue weighted by Gasteiger charge is 2.26. The van der Waals surface area contributed by atoms with Crippen LogP contribution in [-0.4, -0.2) is 42.0 Å². The van der Waals surface area contributed by atoms with Gasteiger partial charge in [0.1, 0.15) is 6.04 Å². The number of hydrogen-bond acceptors (Lipinski definition) is 6. The molecule has 2 rings (SSSR count). The van der Waals surface area contributed by atoms with Crippen molar-refractivity contribution in [1.82, 2.24) is 9.44 Å². The monoisotopic (exact) mass is 496 g/mol. The molecule has 0 aromatic heterocycles. The van der Waals surface area contributed by atoms with Crippen LogP contribution in [0, 0.1) is 6.92 Å². The van der Waals surface area contributed by atoms with Crippen LogP contribution in [0.1, 0.15) is 44.2 Å². The first-order valence-electron chi connectivity index (χ1n) is 10.9. The van der Waals surface area contributed by atoms with Gasteiger partial charge in [-0.25, -0.2) is 21.6 Å². The number of hydrogen-bond donors (Lipinski definition) is 2. The first-order valence-corrected chi connectivity index (χ1v) is 13.9. The van der Waals surface area contributed by atoms with Crippen molar-refractivity contribution in [3.8, 4) is 0 Å². The quantitative estimate of drug-likeness (QED) is 0.325. The Morgan fingerprint density at radius 1 is 0.879 bits per heavy atom. The zero-order valence-corrected chi connectivity index (χ0v) is 20.8. The second-order valence-corrected chi connectivity index (χ2v) is 11.1. The van der Waals surface area contributed by atoms with Gasteiger partial charge in [-0.15, -0.1) is 0 Å². The molecule has 1 unspecified atom stereocenters. The van der Waals surface area contributed by atoms with Gasteiger partial charge in [-0.05, 0) is 69.4 Å². The fraction of sp³-hybridized carbons (Fsp3) is 0.435. The summed E-state index contributed by atoms with van der Waals surface area (Å²) in [5, 5.41) is 0. The van der Waals surface area contributed by atoms with Gasteiger partial charge >= 0.3 is 5.97 Å². The van der Waals surface area contributed by atoms with Gasteiger partial charge in [0.2, 0.25) is 20.0 Å². The molecule has 0 radical (unpaired) electrons. The number of carbonyl (C=O) groups excluding carboxylic acids is 1. The molecule has 0 fully saturated rings. The lowest BCUT2D eigenvalue weighted by Gasteiger charge is -2.17. The number of rotatable bonds is 13. The van der Waals surface area contributed by atoms with E-state index in [9.17, 15) is 21.6 Å². The van der Waals surface area contributed by atoms with Crippen LogP contribution >= 0.6 is 0 Å². The van der Waals surface area contributed by atoms with E-state index in [0.717, 1.165) is 17.5 Å². The molecule has 0 bridgehead atoms. The molecule has 0 heterocycles. The summed E-state index contributed by atoms with van der Waals surface area (Å²) in [7, 11) is -7.54. The predicted molar refractivity (Wildman–Crippen MR) is 127 cm³/mol. The Labute approximate surface area is 196 Å². The topological polar surface area (TPSA) is 119 Å². The van der Waals surface area contributed by atoms with E-state index in [4.69, 9.17) is 4.74 Å². The molecule has 10 heteroatoms. The summed E-state index contributed by atoms with van der Waals surface area (Å²) >= 11 is 0. The Morgan fingerprint density at radius 2 is 1.45 bits per heavy atom. The molecule has 33 heavy (non-hydrogen) atoms. The molecule has 2 aromatic rings. The Balaban J connectivity index is 1.95. The first-order chi connectivity index (χ1) is 15.6. The fourth-order valence-corrected chi connectivity index (χ4v) is 5.40. The van der Waals surface area contributed by atoms with Gasteiger partial charge in [0.25, 0.3) is 0 Å². The van der Waals surface area contributed by atoms with E-state index in [1.54, 1.807) is 31.2 Å². The number of sulfonamides is 2. The third-order valence-electron chi connectivity index (χ3n) is 5.05. The predicted octanol–water partition coefficient (Wildman–Crippen LogP) is 2.92. The number of benzene rings is 2.